The molecule has 1 aliphatic rings. The average Bonchev–Trinajstić information content (AvgIpc) is 3.01. The molecule has 0 nitrogen and oxygen atoms in total. The van der Waals surface area contributed by atoms with Crippen LogP contribution in [0.25, 0.3) is 11.1 Å². The minimum atomic E-state index is -0.333. The molecule has 132 valence electrons. The van der Waals surface area contributed by atoms with Crippen LogP contribution >= 0.6 is 0 Å². The second kappa shape index (κ2) is 6.89. The van der Waals surface area contributed by atoms with E-state index in [4.69, 9.17) is 0 Å². The van der Waals surface area contributed by atoms with E-state index in [1.165, 1.54) is 39.0 Å². The lowest BCUT2D eigenvalue weighted by Gasteiger charge is -2.34. The molecule has 0 aliphatic heterocycles. The van der Waals surface area contributed by atoms with Crippen molar-refractivity contribution >= 4 is 0 Å². The Labute approximate surface area is 162 Å². The van der Waals surface area contributed by atoms with Crippen molar-refractivity contribution in [2.24, 2.45) is 0 Å². The SMILES string of the molecule is C=C/C=C(\C=C/C)C1(c2ccccc2)c2ccccc2-c2c(C)cccc21. The van der Waals surface area contributed by atoms with Crippen LogP contribution in [-0.2, 0) is 5.41 Å². The highest BCUT2D eigenvalue weighted by molar-refractivity contribution is 5.88. The molecule has 0 spiro atoms. The van der Waals surface area contributed by atoms with Crippen molar-refractivity contribution in [2.45, 2.75) is 19.3 Å². The average molecular weight is 348 g/mol. The molecule has 0 heterocycles. The monoisotopic (exact) mass is 348 g/mol. The number of allylic oxidation sites excluding steroid dienone is 5. The summed E-state index contributed by atoms with van der Waals surface area (Å²) in [5, 5.41) is 0. The van der Waals surface area contributed by atoms with E-state index in [-0.39, 0.29) is 5.41 Å². The van der Waals surface area contributed by atoms with Gasteiger partial charge in [0.2, 0.25) is 0 Å². The van der Waals surface area contributed by atoms with Gasteiger partial charge in [-0.15, -0.1) is 0 Å². The van der Waals surface area contributed by atoms with E-state index in [0.717, 1.165) is 0 Å². The molecule has 0 amide bonds. The first-order chi connectivity index (χ1) is 13.2. The molecule has 0 radical (unpaired) electrons. The summed E-state index contributed by atoms with van der Waals surface area (Å²) in [6.07, 6.45) is 8.40. The Kier molecular flexibility index (Phi) is 4.41. The third-order valence-electron chi connectivity index (χ3n) is 5.56. The zero-order chi connectivity index (χ0) is 18.9. The van der Waals surface area contributed by atoms with Gasteiger partial charge in [-0.2, -0.15) is 0 Å². The Hall–Kier alpha value is -3.12. The summed E-state index contributed by atoms with van der Waals surface area (Å²) in [7, 11) is 0. The molecule has 0 N–H and O–H groups in total. The van der Waals surface area contributed by atoms with Gasteiger partial charge in [0.1, 0.15) is 0 Å². The molecule has 1 atom stereocenters. The molecule has 3 aromatic rings. The number of rotatable bonds is 4. The summed E-state index contributed by atoms with van der Waals surface area (Å²) in [6, 6.07) is 26.4. The highest BCUT2D eigenvalue weighted by atomic mass is 14.5. The Bertz CT molecular complexity index is 1050. The van der Waals surface area contributed by atoms with Gasteiger partial charge in [0, 0.05) is 0 Å². The molecule has 0 heteroatoms. The fourth-order valence-electron chi connectivity index (χ4n) is 4.60. The van der Waals surface area contributed by atoms with Crippen LogP contribution in [0.3, 0.4) is 0 Å². The van der Waals surface area contributed by atoms with Crippen LogP contribution in [0.2, 0.25) is 0 Å². The lowest BCUT2D eigenvalue weighted by Crippen LogP contribution is -2.29. The molecular weight excluding hydrogens is 324 g/mol. The highest BCUT2D eigenvalue weighted by Gasteiger charge is 2.46. The number of fused-ring (bicyclic) bond motifs is 3. The van der Waals surface area contributed by atoms with Crippen molar-refractivity contribution in [2.75, 3.05) is 0 Å². The van der Waals surface area contributed by atoms with Crippen LogP contribution < -0.4 is 0 Å². The molecule has 0 saturated carbocycles. The molecule has 0 fully saturated rings. The van der Waals surface area contributed by atoms with Gasteiger partial charge >= 0.3 is 0 Å². The summed E-state index contributed by atoms with van der Waals surface area (Å²) < 4.78 is 0. The summed E-state index contributed by atoms with van der Waals surface area (Å²) in [6.45, 7) is 8.29. The van der Waals surface area contributed by atoms with Crippen molar-refractivity contribution in [1.82, 2.24) is 0 Å². The molecule has 27 heavy (non-hydrogen) atoms. The van der Waals surface area contributed by atoms with Crippen molar-refractivity contribution in [3.05, 3.63) is 132 Å². The van der Waals surface area contributed by atoms with E-state index >= 15 is 0 Å². The largest absolute Gasteiger partial charge is 0.0991 e. The number of hydrogen-bond acceptors (Lipinski definition) is 0. The smallest absolute Gasteiger partial charge is 0.0713 e. The van der Waals surface area contributed by atoms with Gasteiger partial charge in [0.05, 0.1) is 5.41 Å². The molecule has 0 bridgehead atoms. The summed E-state index contributed by atoms with van der Waals surface area (Å²) >= 11 is 0. The van der Waals surface area contributed by atoms with E-state index in [1.54, 1.807) is 0 Å². The van der Waals surface area contributed by atoms with Crippen LogP contribution in [0.15, 0.2) is 109 Å². The van der Waals surface area contributed by atoms with Crippen molar-refractivity contribution < 1.29 is 0 Å². The maximum absolute atomic E-state index is 4.00. The van der Waals surface area contributed by atoms with Crippen molar-refractivity contribution in [3.8, 4) is 11.1 Å². The van der Waals surface area contributed by atoms with Crippen LogP contribution in [0.4, 0.5) is 0 Å². The number of hydrogen-bond donors (Lipinski definition) is 0. The maximum Gasteiger partial charge on any atom is 0.0713 e. The first-order valence-electron chi connectivity index (χ1n) is 9.46. The van der Waals surface area contributed by atoms with Crippen LogP contribution in [-0.4, -0.2) is 0 Å². The van der Waals surface area contributed by atoms with Gasteiger partial charge in [-0.25, -0.2) is 0 Å². The Morgan fingerprint density at radius 1 is 0.852 bits per heavy atom. The molecule has 1 aliphatic carbocycles. The highest BCUT2D eigenvalue weighted by Crippen LogP contribution is 2.57. The number of benzene rings is 3. The second-order valence-corrected chi connectivity index (χ2v) is 7.02. The quantitative estimate of drug-likeness (QED) is 0.445. The predicted molar refractivity (Wildman–Crippen MR) is 116 cm³/mol. The van der Waals surface area contributed by atoms with Crippen molar-refractivity contribution in [1.29, 1.82) is 0 Å². The third-order valence-corrected chi connectivity index (χ3v) is 5.56. The van der Waals surface area contributed by atoms with E-state index in [0.29, 0.717) is 0 Å². The number of aryl methyl sites for hydroxylation is 1. The van der Waals surface area contributed by atoms with E-state index < -0.39 is 0 Å². The molecule has 0 saturated heterocycles. The van der Waals surface area contributed by atoms with Gasteiger partial charge < -0.3 is 0 Å². The molecule has 4 rings (SSSR count). The summed E-state index contributed by atoms with van der Waals surface area (Å²) in [5.74, 6) is 0. The summed E-state index contributed by atoms with van der Waals surface area (Å²) in [5.41, 5.74) is 8.88. The van der Waals surface area contributed by atoms with E-state index in [9.17, 15) is 0 Å². The minimum absolute atomic E-state index is 0.333. The zero-order valence-corrected chi connectivity index (χ0v) is 15.9. The van der Waals surface area contributed by atoms with Gasteiger partial charge in [-0.1, -0.05) is 104 Å². The maximum atomic E-state index is 4.00. The van der Waals surface area contributed by atoms with E-state index in [1.807, 2.05) is 6.08 Å². The minimum Gasteiger partial charge on any atom is -0.0991 e. The zero-order valence-electron chi connectivity index (χ0n) is 15.9. The molecule has 3 aromatic carbocycles. The van der Waals surface area contributed by atoms with Gasteiger partial charge in [-0.3, -0.25) is 0 Å². The van der Waals surface area contributed by atoms with Gasteiger partial charge in [-0.05, 0) is 52.8 Å². The second-order valence-electron chi connectivity index (χ2n) is 7.02. The first-order valence-corrected chi connectivity index (χ1v) is 9.46. The van der Waals surface area contributed by atoms with Gasteiger partial charge in [0.15, 0.2) is 0 Å². The van der Waals surface area contributed by atoms with Crippen LogP contribution in [0.5, 0.6) is 0 Å². The standard InChI is InChI=1S/C27H24/c1-4-12-21(13-5-2)27(22-15-7-6-8-16-22)24-18-10-9-17-23(24)26-20(3)14-11-19-25(26)27/h4-19H,1H2,2-3H3/b13-5-,21-12+. The Morgan fingerprint density at radius 3 is 2.30 bits per heavy atom. The fourth-order valence-corrected chi connectivity index (χ4v) is 4.60. The Balaban J connectivity index is 2.23. The van der Waals surface area contributed by atoms with Crippen molar-refractivity contribution in [3.63, 3.8) is 0 Å². The topological polar surface area (TPSA) is 0 Å². The lowest BCUT2D eigenvalue weighted by atomic mass is 9.67. The molecular formula is C27H24. The van der Waals surface area contributed by atoms with E-state index in [2.05, 4.69) is 111 Å². The predicted octanol–water partition coefficient (Wildman–Crippen LogP) is 7.00. The van der Waals surface area contributed by atoms with Crippen LogP contribution in [0.1, 0.15) is 29.2 Å². The molecule has 1 unspecified atom stereocenters. The van der Waals surface area contributed by atoms with Crippen LogP contribution in [0, 0.1) is 6.92 Å². The fraction of sp³-hybridized carbons (Fsp3) is 0.111. The molecule has 0 aromatic heterocycles. The Morgan fingerprint density at radius 2 is 1.56 bits per heavy atom. The third kappa shape index (κ3) is 2.44. The first kappa shape index (κ1) is 17.3. The van der Waals surface area contributed by atoms with Gasteiger partial charge in [0.25, 0.3) is 0 Å². The lowest BCUT2D eigenvalue weighted by molar-refractivity contribution is 0.766. The normalized spacial score (nSPS) is 18.4. The summed E-state index contributed by atoms with van der Waals surface area (Å²) in [4.78, 5) is 0.